The molecule has 0 radical (unpaired) electrons. The minimum absolute atomic E-state index is 0.0958. The zero-order valence-electron chi connectivity index (χ0n) is 15.2. The van der Waals surface area contributed by atoms with Crippen molar-refractivity contribution in [2.75, 3.05) is 0 Å². The van der Waals surface area contributed by atoms with Gasteiger partial charge < -0.3 is 26.2 Å². The third-order valence-electron chi connectivity index (χ3n) is 4.57. The summed E-state index contributed by atoms with van der Waals surface area (Å²) in [6.45, 7) is 0. The van der Waals surface area contributed by atoms with Crippen LogP contribution in [0.2, 0.25) is 0 Å². The predicted molar refractivity (Wildman–Crippen MR) is 103 cm³/mol. The van der Waals surface area contributed by atoms with Crippen LogP contribution in [0.5, 0.6) is 0 Å². The number of imidazole rings is 1. The van der Waals surface area contributed by atoms with E-state index in [9.17, 15) is 9.59 Å². The number of aryl methyl sites for hydroxylation is 1. The van der Waals surface area contributed by atoms with E-state index in [0.29, 0.717) is 22.6 Å². The molecule has 2 heterocycles. The SMILES string of the molecule is Cn1cnc(-c2cccc3ccc(C[C@H](N)C(=O)O)nc23)c1CC(N)C(=O)O. The lowest BCUT2D eigenvalue weighted by atomic mass is 10.0. The van der Waals surface area contributed by atoms with Crippen LogP contribution in [-0.2, 0) is 29.5 Å². The van der Waals surface area contributed by atoms with Crippen molar-refractivity contribution < 1.29 is 19.8 Å². The molecule has 2 atom stereocenters. The van der Waals surface area contributed by atoms with Crippen molar-refractivity contribution in [1.29, 1.82) is 0 Å². The molecular formula is C19H21N5O4. The number of para-hydroxylation sites is 1. The van der Waals surface area contributed by atoms with Crippen molar-refractivity contribution >= 4 is 22.8 Å². The Morgan fingerprint density at radius 3 is 2.43 bits per heavy atom. The van der Waals surface area contributed by atoms with Crippen molar-refractivity contribution in [2.45, 2.75) is 24.9 Å². The molecular weight excluding hydrogens is 362 g/mol. The van der Waals surface area contributed by atoms with Crippen molar-refractivity contribution in [3.05, 3.63) is 48.0 Å². The summed E-state index contributed by atoms with van der Waals surface area (Å²) >= 11 is 0. The number of carbonyl (C=O) groups is 2. The van der Waals surface area contributed by atoms with Crippen LogP contribution in [0, 0.1) is 0 Å². The number of carboxylic acid groups (broad SMARTS) is 2. The van der Waals surface area contributed by atoms with E-state index in [0.717, 1.165) is 10.9 Å². The number of hydrogen-bond acceptors (Lipinski definition) is 6. The Kier molecular flexibility index (Phi) is 5.39. The van der Waals surface area contributed by atoms with Crippen LogP contribution in [0.1, 0.15) is 11.4 Å². The number of carboxylic acids is 2. The van der Waals surface area contributed by atoms with Crippen LogP contribution in [0.4, 0.5) is 0 Å². The van der Waals surface area contributed by atoms with E-state index < -0.39 is 24.0 Å². The van der Waals surface area contributed by atoms with E-state index in [2.05, 4.69) is 9.97 Å². The largest absolute Gasteiger partial charge is 0.480 e. The van der Waals surface area contributed by atoms with Crippen molar-refractivity contribution in [1.82, 2.24) is 14.5 Å². The third-order valence-corrected chi connectivity index (χ3v) is 4.57. The first kappa shape index (κ1) is 19.5. The molecule has 0 bridgehead atoms. The van der Waals surface area contributed by atoms with Crippen LogP contribution >= 0.6 is 0 Å². The van der Waals surface area contributed by atoms with Crippen molar-refractivity contribution in [3.63, 3.8) is 0 Å². The number of fused-ring (bicyclic) bond motifs is 1. The van der Waals surface area contributed by atoms with Crippen molar-refractivity contribution in [3.8, 4) is 11.3 Å². The van der Waals surface area contributed by atoms with Crippen LogP contribution in [0.25, 0.3) is 22.2 Å². The standard InChI is InChI=1S/C19H21N5O4/c1-24-9-22-17(15(24)8-14(21)19(27)28)12-4-2-3-10-5-6-11(23-16(10)12)7-13(20)18(25)26/h2-6,9,13-14H,7-8,20-21H2,1H3,(H,25,26)(H,27,28)/t13-,14?/m0/s1. The molecule has 3 rings (SSSR count). The maximum absolute atomic E-state index is 11.2. The highest BCUT2D eigenvalue weighted by atomic mass is 16.4. The minimum atomic E-state index is -1.09. The van der Waals surface area contributed by atoms with Crippen LogP contribution in [-0.4, -0.2) is 48.8 Å². The number of hydrogen-bond donors (Lipinski definition) is 4. The highest BCUT2D eigenvalue weighted by Crippen LogP contribution is 2.29. The third kappa shape index (κ3) is 3.85. The molecule has 0 aliphatic carbocycles. The van der Waals surface area contributed by atoms with Crippen LogP contribution in [0.15, 0.2) is 36.7 Å². The second-order valence-corrected chi connectivity index (χ2v) is 6.63. The molecule has 0 saturated heterocycles. The number of aromatic nitrogens is 3. The monoisotopic (exact) mass is 383 g/mol. The highest BCUT2D eigenvalue weighted by Gasteiger charge is 2.21. The van der Waals surface area contributed by atoms with Gasteiger partial charge in [-0.25, -0.2) is 4.98 Å². The molecule has 2 aromatic heterocycles. The molecule has 0 amide bonds. The van der Waals surface area contributed by atoms with Gasteiger partial charge in [-0.05, 0) is 6.07 Å². The number of benzene rings is 1. The van der Waals surface area contributed by atoms with E-state index in [-0.39, 0.29) is 12.8 Å². The Hall–Kier alpha value is -3.30. The van der Waals surface area contributed by atoms with Gasteiger partial charge >= 0.3 is 11.9 Å². The lowest BCUT2D eigenvalue weighted by molar-refractivity contribution is -0.139. The number of aliphatic carboxylic acids is 2. The normalized spacial score (nSPS) is 13.4. The predicted octanol–water partition coefficient (Wildman–Crippen LogP) is 0.544. The summed E-state index contributed by atoms with van der Waals surface area (Å²) in [6.07, 6.45) is 1.81. The molecule has 9 heteroatoms. The fourth-order valence-electron chi connectivity index (χ4n) is 3.02. The fourth-order valence-corrected chi connectivity index (χ4v) is 3.02. The van der Waals surface area contributed by atoms with E-state index in [1.807, 2.05) is 24.3 Å². The zero-order valence-corrected chi connectivity index (χ0v) is 15.2. The van der Waals surface area contributed by atoms with Crippen molar-refractivity contribution in [2.24, 2.45) is 18.5 Å². The molecule has 28 heavy (non-hydrogen) atoms. The molecule has 1 aromatic carbocycles. The van der Waals surface area contributed by atoms with Gasteiger partial charge in [-0.3, -0.25) is 14.6 Å². The van der Waals surface area contributed by atoms with Crippen LogP contribution < -0.4 is 11.5 Å². The maximum atomic E-state index is 11.2. The first-order valence-electron chi connectivity index (χ1n) is 8.64. The number of pyridine rings is 1. The Labute approximate surface area is 160 Å². The van der Waals surface area contributed by atoms with Crippen LogP contribution in [0.3, 0.4) is 0 Å². The van der Waals surface area contributed by atoms with E-state index in [1.165, 1.54) is 0 Å². The Morgan fingerprint density at radius 2 is 1.75 bits per heavy atom. The topological polar surface area (TPSA) is 157 Å². The average molecular weight is 383 g/mol. The Balaban J connectivity index is 2.08. The quantitative estimate of drug-likeness (QED) is 0.460. The summed E-state index contributed by atoms with van der Waals surface area (Å²) in [5.74, 6) is -2.18. The first-order chi connectivity index (χ1) is 13.3. The summed E-state index contributed by atoms with van der Waals surface area (Å²) in [5.41, 5.74) is 14.5. The van der Waals surface area contributed by atoms with Gasteiger partial charge in [-0.2, -0.15) is 0 Å². The van der Waals surface area contributed by atoms with Gasteiger partial charge in [0.15, 0.2) is 0 Å². The summed E-state index contributed by atoms with van der Waals surface area (Å²) in [7, 11) is 1.77. The summed E-state index contributed by atoms with van der Waals surface area (Å²) in [5, 5.41) is 19.0. The number of rotatable bonds is 7. The zero-order chi connectivity index (χ0) is 20.4. The second-order valence-electron chi connectivity index (χ2n) is 6.63. The Morgan fingerprint density at radius 1 is 1.07 bits per heavy atom. The van der Waals surface area contributed by atoms with Gasteiger partial charge in [0.1, 0.15) is 12.1 Å². The molecule has 0 fully saturated rings. The molecule has 0 spiro atoms. The molecule has 3 aromatic rings. The van der Waals surface area contributed by atoms with Gasteiger partial charge in [-0.15, -0.1) is 0 Å². The molecule has 0 aliphatic rings. The van der Waals surface area contributed by atoms with Gasteiger partial charge in [0.05, 0.1) is 17.5 Å². The lowest BCUT2D eigenvalue weighted by Crippen LogP contribution is -2.33. The Bertz CT molecular complexity index is 1050. The second kappa shape index (κ2) is 7.75. The van der Waals surface area contributed by atoms with Gasteiger partial charge in [0, 0.05) is 42.2 Å². The summed E-state index contributed by atoms with van der Waals surface area (Å²) < 4.78 is 1.74. The summed E-state index contributed by atoms with van der Waals surface area (Å²) in [4.78, 5) is 31.2. The number of nitrogens with two attached hydrogens (primary N) is 2. The maximum Gasteiger partial charge on any atom is 0.320 e. The minimum Gasteiger partial charge on any atom is -0.480 e. The van der Waals surface area contributed by atoms with E-state index in [1.54, 1.807) is 24.0 Å². The van der Waals surface area contributed by atoms with E-state index in [4.69, 9.17) is 21.7 Å². The molecule has 0 aliphatic heterocycles. The molecule has 6 N–H and O–H groups in total. The van der Waals surface area contributed by atoms with E-state index >= 15 is 0 Å². The lowest BCUT2D eigenvalue weighted by Gasteiger charge is -2.12. The smallest absolute Gasteiger partial charge is 0.320 e. The summed E-state index contributed by atoms with van der Waals surface area (Å²) in [6, 6.07) is 7.08. The van der Waals surface area contributed by atoms with Gasteiger partial charge in [0.2, 0.25) is 0 Å². The molecule has 0 saturated carbocycles. The van der Waals surface area contributed by atoms with Gasteiger partial charge in [0.25, 0.3) is 0 Å². The first-order valence-corrected chi connectivity index (χ1v) is 8.64. The molecule has 146 valence electrons. The highest BCUT2D eigenvalue weighted by molar-refractivity contribution is 5.93. The average Bonchev–Trinajstić information content (AvgIpc) is 3.01. The number of nitrogens with zero attached hydrogens (tertiary/aromatic N) is 3. The molecule has 9 nitrogen and oxygen atoms in total. The molecule has 1 unspecified atom stereocenters. The van der Waals surface area contributed by atoms with Gasteiger partial charge in [-0.1, -0.05) is 24.3 Å². The fraction of sp³-hybridized carbons (Fsp3) is 0.263.